The molecule has 8 heteroatoms. The summed E-state index contributed by atoms with van der Waals surface area (Å²) >= 11 is 0. The molecular weight excluding hydrogens is 368 g/mol. The molecule has 1 aliphatic heterocycles. The lowest BCUT2D eigenvalue weighted by Crippen LogP contribution is -2.47. The first-order chi connectivity index (χ1) is 13.5. The fourth-order valence-corrected chi connectivity index (χ4v) is 3.00. The fourth-order valence-electron chi connectivity index (χ4n) is 3.00. The maximum absolute atomic E-state index is 13.5. The van der Waals surface area contributed by atoms with Crippen LogP contribution in [-0.4, -0.2) is 43.6 Å². The number of amides is 3. The number of urea groups is 1. The highest BCUT2D eigenvalue weighted by Gasteiger charge is 2.26. The summed E-state index contributed by atoms with van der Waals surface area (Å²) in [4.78, 5) is 25.8. The molecule has 3 amide bonds. The number of benzene rings is 2. The van der Waals surface area contributed by atoms with E-state index in [2.05, 4.69) is 10.6 Å². The van der Waals surface area contributed by atoms with Gasteiger partial charge in [0.2, 0.25) is 0 Å². The van der Waals surface area contributed by atoms with E-state index in [9.17, 15) is 18.4 Å². The summed E-state index contributed by atoms with van der Waals surface area (Å²) in [7, 11) is 1.55. The SMILES string of the molecule is CNC(=O)c1cccc(CNC(=O)N2CCO[C@H](c3ccc(F)c(F)c3)C2)c1. The first-order valence-electron chi connectivity index (χ1n) is 8.88. The Morgan fingerprint density at radius 3 is 2.75 bits per heavy atom. The number of nitrogens with one attached hydrogen (secondary N) is 2. The number of halogens is 2. The van der Waals surface area contributed by atoms with Crippen LogP contribution in [0.15, 0.2) is 42.5 Å². The predicted octanol–water partition coefficient (Wildman–Crippen LogP) is 2.61. The second-order valence-electron chi connectivity index (χ2n) is 6.42. The maximum atomic E-state index is 13.5. The van der Waals surface area contributed by atoms with Gasteiger partial charge < -0.3 is 20.3 Å². The van der Waals surface area contributed by atoms with Gasteiger partial charge in [-0.15, -0.1) is 0 Å². The van der Waals surface area contributed by atoms with Crippen molar-refractivity contribution >= 4 is 11.9 Å². The minimum Gasteiger partial charge on any atom is -0.370 e. The molecule has 0 bridgehead atoms. The van der Waals surface area contributed by atoms with Crippen molar-refractivity contribution in [3.63, 3.8) is 0 Å². The molecule has 2 N–H and O–H groups in total. The summed E-state index contributed by atoms with van der Waals surface area (Å²) in [6.07, 6.45) is -0.522. The third kappa shape index (κ3) is 4.64. The Bertz CT molecular complexity index is 876. The van der Waals surface area contributed by atoms with Crippen LogP contribution in [0.25, 0.3) is 0 Å². The van der Waals surface area contributed by atoms with Crippen LogP contribution in [0.4, 0.5) is 13.6 Å². The Labute approximate surface area is 161 Å². The Balaban J connectivity index is 1.60. The monoisotopic (exact) mass is 389 g/mol. The summed E-state index contributed by atoms with van der Waals surface area (Å²) < 4.78 is 32.2. The molecule has 1 fully saturated rings. The lowest BCUT2D eigenvalue weighted by atomic mass is 10.1. The first kappa shape index (κ1) is 19.8. The molecule has 2 aromatic carbocycles. The van der Waals surface area contributed by atoms with E-state index in [1.165, 1.54) is 6.07 Å². The van der Waals surface area contributed by atoms with Crippen molar-refractivity contribution in [2.45, 2.75) is 12.6 Å². The average Bonchev–Trinajstić information content (AvgIpc) is 2.73. The van der Waals surface area contributed by atoms with E-state index in [1.54, 1.807) is 30.1 Å². The van der Waals surface area contributed by atoms with Gasteiger partial charge in [-0.25, -0.2) is 13.6 Å². The van der Waals surface area contributed by atoms with E-state index in [4.69, 9.17) is 4.74 Å². The Morgan fingerprint density at radius 2 is 2.00 bits per heavy atom. The number of nitrogens with zero attached hydrogens (tertiary/aromatic N) is 1. The molecule has 0 spiro atoms. The van der Waals surface area contributed by atoms with Crippen molar-refractivity contribution in [1.29, 1.82) is 0 Å². The van der Waals surface area contributed by atoms with Gasteiger partial charge in [-0.3, -0.25) is 4.79 Å². The van der Waals surface area contributed by atoms with Crippen LogP contribution >= 0.6 is 0 Å². The number of carbonyl (C=O) groups is 2. The quantitative estimate of drug-likeness (QED) is 0.845. The lowest BCUT2D eigenvalue weighted by Gasteiger charge is -2.33. The Morgan fingerprint density at radius 1 is 1.18 bits per heavy atom. The van der Waals surface area contributed by atoms with E-state index in [0.717, 1.165) is 17.7 Å². The van der Waals surface area contributed by atoms with Crippen LogP contribution in [0.2, 0.25) is 0 Å². The molecule has 28 heavy (non-hydrogen) atoms. The van der Waals surface area contributed by atoms with E-state index in [1.807, 2.05) is 6.07 Å². The smallest absolute Gasteiger partial charge is 0.317 e. The number of hydrogen-bond acceptors (Lipinski definition) is 3. The van der Waals surface area contributed by atoms with E-state index >= 15 is 0 Å². The summed E-state index contributed by atoms with van der Waals surface area (Å²) in [5, 5.41) is 5.37. The second kappa shape index (κ2) is 8.79. The largest absolute Gasteiger partial charge is 0.370 e. The highest BCUT2D eigenvalue weighted by atomic mass is 19.2. The highest BCUT2D eigenvalue weighted by molar-refractivity contribution is 5.94. The molecule has 1 atom stereocenters. The zero-order valence-electron chi connectivity index (χ0n) is 15.4. The Kier molecular flexibility index (Phi) is 6.20. The molecule has 1 saturated heterocycles. The molecule has 0 radical (unpaired) electrons. The third-order valence-electron chi connectivity index (χ3n) is 4.53. The van der Waals surface area contributed by atoms with Crippen molar-refractivity contribution in [2.75, 3.05) is 26.7 Å². The molecule has 0 aliphatic carbocycles. The van der Waals surface area contributed by atoms with Crippen LogP contribution in [0.1, 0.15) is 27.6 Å². The van der Waals surface area contributed by atoms with Crippen LogP contribution in [0, 0.1) is 11.6 Å². The second-order valence-corrected chi connectivity index (χ2v) is 6.42. The summed E-state index contributed by atoms with van der Waals surface area (Å²) in [5.74, 6) is -2.07. The number of ether oxygens (including phenoxy) is 1. The highest BCUT2D eigenvalue weighted by Crippen LogP contribution is 2.23. The summed E-state index contributed by atoms with van der Waals surface area (Å²) in [6.45, 7) is 1.18. The topological polar surface area (TPSA) is 70.7 Å². The standard InChI is InChI=1S/C20H21F2N3O3/c1-23-19(26)15-4-2-3-13(9-15)11-24-20(27)25-7-8-28-18(12-25)14-5-6-16(21)17(22)10-14/h2-6,9-10,18H,7-8,11-12H2,1H3,(H,23,26)(H,24,27)/t18-/m0/s1. The minimum atomic E-state index is -0.946. The normalized spacial score (nSPS) is 16.5. The molecular formula is C20H21F2N3O3. The maximum Gasteiger partial charge on any atom is 0.317 e. The molecule has 3 rings (SSSR count). The van der Waals surface area contributed by atoms with E-state index in [-0.39, 0.29) is 25.0 Å². The zero-order valence-corrected chi connectivity index (χ0v) is 15.4. The van der Waals surface area contributed by atoms with Gasteiger partial charge in [-0.1, -0.05) is 18.2 Å². The van der Waals surface area contributed by atoms with Gasteiger partial charge in [0.25, 0.3) is 5.91 Å². The first-order valence-corrected chi connectivity index (χ1v) is 8.88. The zero-order chi connectivity index (χ0) is 20.1. The molecule has 1 heterocycles. The van der Waals surface area contributed by atoms with E-state index in [0.29, 0.717) is 24.3 Å². The summed E-state index contributed by atoms with van der Waals surface area (Å²) in [6, 6.07) is 10.3. The molecule has 148 valence electrons. The van der Waals surface area contributed by atoms with Crippen LogP contribution in [-0.2, 0) is 11.3 Å². The van der Waals surface area contributed by atoms with E-state index < -0.39 is 17.7 Å². The summed E-state index contributed by atoms with van der Waals surface area (Å²) in [5.41, 5.74) is 1.79. The molecule has 0 saturated carbocycles. The predicted molar refractivity (Wildman–Crippen MR) is 98.7 cm³/mol. The van der Waals surface area contributed by atoms with Gasteiger partial charge in [-0.05, 0) is 35.4 Å². The van der Waals surface area contributed by atoms with Gasteiger partial charge in [0.15, 0.2) is 11.6 Å². The minimum absolute atomic E-state index is 0.198. The molecule has 1 aliphatic rings. The van der Waals surface area contributed by atoms with Gasteiger partial charge in [0.05, 0.1) is 13.2 Å². The van der Waals surface area contributed by atoms with Crippen molar-refractivity contribution in [1.82, 2.24) is 15.5 Å². The molecule has 2 aromatic rings. The van der Waals surface area contributed by atoms with Crippen molar-refractivity contribution < 1.29 is 23.1 Å². The van der Waals surface area contributed by atoms with Crippen LogP contribution in [0.5, 0.6) is 0 Å². The van der Waals surface area contributed by atoms with Crippen molar-refractivity contribution in [3.05, 3.63) is 70.8 Å². The van der Waals surface area contributed by atoms with Crippen molar-refractivity contribution in [3.8, 4) is 0 Å². The molecule has 0 aromatic heterocycles. The third-order valence-corrected chi connectivity index (χ3v) is 4.53. The van der Waals surface area contributed by atoms with Crippen LogP contribution in [0.3, 0.4) is 0 Å². The lowest BCUT2D eigenvalue weighted by molar-refractivity contribution is -0.0156. The number of morpholine rings is 1. The molecule has 0 unspecified atom stereocenters. The number of rotatable bonds is 4. The van der Waals surface area contributed by atoms with Crippen LogP contribution < -0.4 is 10.6 Å². The number of hydrogen-bond donors (Lipinski definition) is 2. The average molecular weight is 389 g/mol. The van der Waals surface area contributed by atoms with Gasteiger partial charge in [0.1, 0.15) is 6.10 Å². The van der Waals surface area contributed by atoms with Gasteiger partial charge in [-0.2, -0.15) is 0 Å². The Hall–Kier alpha value is -3.00. The van der Waals surface area contributed by atoms with Gasteiger partial charge >= 0.3 is 6.03 Å². The van der Waals surface area contributed by atoms with Gasteiger partial charge in [0, 0.05) is 25.7 Å². The molecule has 6 nitrogen and oxygen atoms in total. The fraction of sp³-hybridized carbons (Fsp3) is 0.300. The van der Waals surface area contributed by atoms with Crippen molar-refractivity contribution in [2.24, 2.45) is 0 Å². The number of carbonyl (C=O) groups excluding carboxylic acids is 2.